The molecule has 0 amide bonds. The van der Waals surface area contributed by atoms with Crippen molar-refractivity contribution in [2.45, 2.75) is 32.2 Å². The number of hydrogen-bond donors (Lipinski definition) is 1. The molecule has 2 rings (SSSR count). The summed E-state index contributed by atoms with van der Waals surface area (Å²) in [6.45, 7) is 5.51. The Hall–Kier alpha value is -1.33. The molecular formula is C14H20ClN3O2. The Morgan fingerprint density at radius 2 is 2.15 bits per heavy atom. The lowest BCUT2D eigenvalue weighted by Crippen LogP contribution is -2.39. The lowest BCUT2D eigenvalue weighted by Gasteiger charge is -2.32. The Morgan fingerprint density at radius 3 is 2.75 bits per heavy atom. The molecule has 1 fully saturated rings. The molecule has 0 saturated carbocycles. The van der Waals surface area contributed by atoms with Crippen LogP contribution in [0.4, 0.5) is 11.4 Å². The van der Waals surface area contributed by atoms with Crippen molar-refractivity contribution in [2.24, 2.45) is 0 Å². The van der Waals surface area contributed by atoms with Crippen molar-refractivity contribution in [1.29, 1.82) is 0 Å². The molecule has 0 atom stereocenters. The molecule has 1 aliphatic rings. The average Bonchev–Trinajstić information content (AvgIpc) is 2.43. The van der Waals surface area contributed by atoms with Crippen molar-refractivity contribution >= 4 is 23.0 Å². The van der Waals surface area contributed by atoms with E-state index in [1.54, 1.807) is 12.1 Å². The first kappa shape index (κ1) is 15.1. The minimum Gasteiger partial charge on any atom is -0.382 e. The second-order valence-electron chi connectivity index (χ2n) is 5.18. The lowest BCUT2D eigenvalue weighted by atomic mass is 10.0. The van der Waals surface area contributed by atoms with Gasteiger partial charge in [-0.15, -0.1) is 0 Å². The Bertz CT molecular complexity index is 473. The van der Waals surface area contributed by atoms with Crippen LogP contribution in [0, 0.1) is 10.1 Å². The Balaban J connectivity index is 1.94. The summed E-state index contributed by atoms with van der Waals surface area (Å²) < 4.78 is 0. The molecule has 1 saturated heterocycles. The molecule has 1 aromatic rings. The van der Waals surface area contributed by atoms with Gasteiger partial charge in [-0.05, 0) is 37.9 Å². The van der Waals surface area contributed by atoms with Gasteiger partial charge in [0.2, 0.25) is 0 Å². The van der Waals surface area contributed by atoms with Gasteiger partial charge < -0.3 is 10.2 Å². The molecule has 1 heterocycles. The summed E-state index contributed by atoms with van der Waals surface area (Å²) in [5.41, 5.74) is 0.732. The van der Waals surface area contributed by atoms with E-state index < -0.39 is 4.92 Å². The minimum atomic E-state index is -0.447. The fraction of sp³-hybridized carbons (Fsp3) is 0.571. The first-order chi connectivity index (χ1) is 9.60. The molecule has 1 aliphatic heterocycles. The van der Waals surface area contributed by atoms with Crippen molar-refractivity contribution in [2.75, 3.05) is 25.0 Å². The maximum absolute atomic E-state index is 10.9. The maximum atomic E-state index is 10.9. The van der Waals surface area contributed by atoms with E-state index in [4.69, 9.17) is 11.6 Å². The molecule has 110 valence electrons. The number of piperidine rings is 1. The largest absolute Gasteiger partial charge is 0.382 e. The minimum absolute atomic E-state index is 0.0416. The van der Waals surface area contributed by atoms with Crippen molar-refractivity contribution < 1.29 is 4.92 Å². The van der Waals surface area contributed by atoms with Gasteiger partial charge in [-0.3, -0.25) is 10.1 Å². The van der Waals surface area contributed by atoms with Crippen LogP contribution in [-0.2, 0) is 0 Å². The van der Waals surface area contributed by atoms with Gasteiger partial charge in [-0.1, -0.05) is 18.5 Å². The summed E-state index contributed by atoms with van der Waals surface area (Å²) in [4.78, 5) is 12.9. The van der Waals surface area contributed by atoms with Crippen LogP contribution >= 0.6 is 11.6 Å². The van der Waals surface area contributed by atoms with E-state index in [9.17, 15) is 10.1 Å². The molecule has 20 heavy (non-hydrogen) atoms. The van der Waals surface area contributed by atoms with E-state index in [0.29, 0.717) is 6.04 Å². The quantitative estimate of drug-likeness (QED) is 0.667. The van der Waals surface area contributed by atoms with Crippen LogP contribution in [0.1, 0.15) is 26.2 Å². The van der Waals surface area contributed by atoms with Crippen molar-refractivity contribution in [1.82, 2.24) is 4.90 Å². The molecule has 0 aromatic heterocycles. The molecule has 1 aromatic carbocycles. The van der Waals surface area contributed by atoms with Crippen molar-refractivity contribution in [3.8, 4) is 0 Å². The molecule has 0 unspecified atom stereocenters. The zero-order valence-corrected chi connectivity index (χ0v) is 12.4. The molecule has 0 bridgehead atoms. The number of nitrogens with one attached hydrogen (secondary N) is 1. The highest BCUT2D eigenvalue weighted by molar-refractivity contribution is 6.32. The zero-order valence-electron chi connectivity index (χ0n) is 11.6. The smallest absolute Gasteiger partial charge is 0.289 e. The molecule has 0 spiro atoms. The fourth-order valence-electron chi connectivity index (χ4n) is 2.60. The molecule has 0 aliphatic carbocycles. The number of nitrogens with zero attached hydrogens (tertiary/aromatic N) is 2. The number of anilines is 1. The molecule has 6 heteroatoms. The third kappa shape index (κ3) is 3.84. The van der Waals surface area contributed by atoms with Gasteiger partial charge in [0.15, 0.2) is 0 Å². The third-order valence-corrected chi connectivity index (χ3v) is 3.96. The summed E-state index contributed by atoms with van der Waals surface area (Å²) in [5.74, 6) is 0. The molecule has 0 radical (unpaired) electrons. The third-order valence-electron chi connectivity index (χ3n) is 3.64. The number of likely N-dealkylation sites (tertiary alicyclic amines) is 1. The Morgan fingerprint density at radius 1 is 1.45 bits per heavy atom. The molecule has 1 N–H and O–H groups in total. The Labute approximate surface area is 124 Å². The van der Waals surface area contributed by atoms with Crippen LogP contribution in [0.25, 0.3) is 0 Å². The lowest BCUT2D eigenvalue weighted by molar-refractivity contribution is -0.384. The van der Waals surface area contributed by atoms with Gasteiger partial charge in [-0.25, -0.2) is 0 Å². The number of halogens is 1. The van der Waals surface area contributed by atoms with E-state index in [1.807, 2.05) is 0 Å². The van der Waals surface area contributed by atoms with Crippen LogP contribution in [-0.4, -0.2) is 35.5 Å². The number of hydrogen-bond acceptors (Lipinski definition) is 4. The average molecular weight is 298 g/mol. The SMILES string of the molecule is CCCN1CCC(Nc2ccc(Cl)c([N+](=O)[O-])c2)CC1. The highest BCUT2D eigenvalue weighted by atomic mass is 35.5. The summed E-state index contributed by atoms with van der Waals surface area (Å²) in [7, 11) is 0. The second-order valence-corrected chi connectivity index (χ2v) is 5.59. The first-order valence-electron chi connectivity index (χ1n) is 7.03. The second kappa shape index (κ2) is 6.90. The van der Waals surface area contributed by atoms with Gasteiger partial charge in [0.25, 0.3) is 5.69 Å². The van der Waals surface area contributed by atoms with Gasteiger partial charge in [0.05, 0.1) is 4.92 Å². The van der Waals surface area contributed by atoms with E-state index in [0.717, 1.165) is 38.2 Å². The van der Waals surface area contributed by atoms with Crippen LogP contribution in [0.2, 0.25) is 5.02 Å². The van der Waals surface area contributed by atoms with E-state index in [1.165, 1.54) is 12.5 Å². The van der Waals surface area contributed by atoms with E-state index >= 15 is 0 Å². The van der Waals surface area contributed by atoms with Gasteiger partial charge >= 0.3 is 0 Å². The summed E-state index contributed by atoms with van der Waals surface area (Å²) >= 11 is 5.81. The summed E-state index contributed by atoms with van der Waals surface area (Å²) in [6, 6.07) is 5.27. The molecular weight excluding hydrogens is 278 g/mol. The summed E-state index contributed by atoms with van der Waals surface area (Å²) in [6.07, 6.45) is 3.31. The Kier molecular flexibility index (Phi) is 5.20. The molecule has 5 nitrogen and oxygen atoms in total. The maximum Gasteiger partial charge on any atom is 0.289 e. The zero-order chi connectivity index (χ0) is 14.5. The van der Waals surface area contributed by atoms with Gasteiger partial charge in [-0.2, -0.15) is 0 Å². The topological polar surface area (TPSA) is 58.4 Å². The van der Waals surface area contributed by atoms with Crippen LogP contribution < -0.4 is 5.32 Å². The predicted octanol–water partition coefficient (Wildman–Crippen LogP) is 3.53. The van der Waals surface area contributed by atoms with Gasteiger partial charge in [0, 0.05) is 30.9 Å². The fourth-order valence-corrected chi connectivity index (χ4v) is 2.78. The number of rotatable bonds is 5. The highest BCUT2D eigenvalue weighted by Crippen LogP contribution is 2.28. The predicted molar refractivity (Wildman–Crippen MR) is 81.5 cm³/mol. The summed E-state index contributed by atoms with van der Waals surface area (Å²) in [5, 5.41) is 14.4. The van der Waals surface area contributed by atoms with E-state index in [2.05, 4.69) is 17.1 Å². The van der Waals surface area contributed by atoms with Gasteiger partial charge in [0.1, 0.15) is 5.02 Å². The van der Waals surface area contributed by atoms with E-state index in [-0.39, 0.29) is 10.7 Å². The number of benzene rings is 1. The highest BCUT2D eigenvalue weighted by Gasteiger charge is 2.19. The number of nitro groups is 1. The number of nitro benzene ring substituents is 1. The first-order valence-corrected chi connectivity index (χ1v) is 7.40. The van der Waals surface area contributed by atoms with Crippen molar-refractivity contribution in [3.63, 3.8) is 0 Å². The van der Waals surface area contributed by atoms with Crippen molar-refractivity contribution in [3.05, 3.63) is 33.3 Å². The van der Waals surface area contributed by atoms with Crippen LogP contribution in [0.15, 0.2) is 18.2 Å². The monoisotopic (exact) mass is 297 g/mol. The van der Waals surface area contributed by atoms with Crippen LogP contribution in [0.3, 0.4) is 0 Å². The van der Waals surface area contributed by atoms with Crippen LogP contribution in [0.5, 0.6) is 0 Å². The standard InChI is InChI=1S/C14H20ClN3O2/c1-2-7-17-8-5-11(6-9-17)16-12-3-4-13(15)14(10-12)18(19)20/h3-4,10-11,16H,2,5-9H2,1H3. The normalized spacial score (nSPS) is 17.1.